The maximum Gasteiger partial charge on any atom is 0.317 e. The molecule has 0 unspecified atom stereocenters. The summed E-state index contributed by atoms with van der Waals surface area (Å²) in [6.45, 7) is 4.95. The topological polar surface area (TPSA) is 38.8 Å². The SMILES string of the molecule is CN1CCN(c2ccc(CNC(=O)N(C)C)cc2)CC1. The molecular formula is C15H24N4O. The predicted molar refractivity (Wildman–Crippen MR) is 82.1 cm³/mol. The molecule has 0 bridgehead atoms. The lowest BCUT2D eigenvalue weighted by Gasteiger charge is -2.34. The van der Waals surface area contributed by atoms with Gasteiger partial charge < -0.3 is 20.0 Å². The number of carbonyl (C=O) groups excluding carboxylic acids is 1. The molecule has 1 aliphatic heterocycles. The molecule has 0 atom stereocenters. The van der Waals surface area contributed by atoms with Crippen LogP contribution >= 0.6 is 0 Å². The van der Waals surface area contributed by atoms with Gasteiger partial charge in [0.15, 0.2) is 0 Å². The molecule has 2 rings (SSSR count). The van der Waals surface area contributed by atoms with Crippen LogP contribution in [0.3, 0.4) is 0 Å². The lowest BCUT2D eigenvalue weighted by Crippen LogP contribution is -2.44. The molecule has 0 aromatic heterocycles. The molecule has 0 aliphatic carbocycles. The van der Waals surface area contributed by atoms with Gasteiger partial charge >= 0.3 is 6.03 Å². The second-order valence-corrected chi connectivity index (χ2v) is 5.51. The second-order valence-electron chi connectivity index (χ2n) is 5.51. The van der Waals surface area contributed by atoms with Crippen molar-refractivity contribution in [2.24, 2.45) is 0 Å². The van der Waals surface area contributed by atoms with Gasteiger partial charge in [0.1, 0.15) is 0 Å². The molecular weight excluding hydrogens is 252 g/mol. The highest BCUT2D eigenvalue weighted by molar-refractivity contribution is 5.73. The number of rotatable bonds is 3. The van der Waals surface area contributed by atoms with E-state index in [0.717, 1.165) is 31.7 Å². The summed E-state index contributed by atoms with van der Waals surface area (Å²) in [5.41, 5.74) is 2.39. The first kappa shape index (κ1) is 14.7. The third-order valence-corrected chi connectivity index (χ3v) is 3.65. The smallest absolute Gasteiger partial charge is 0.317 e. The summed E-state index contributed by atoms with van der Waals surface area (Å²) in [4.78, 5) is 17.8. The Hall–Kier alpha value is -1.75. The summed E-state index contributed by atoms with van der Waals surface area (Å²) in [6.07, 6.45) is 0. The fraction of sp³-hybridized carbons (Fsp3) is 0.533. The largest absolute Gasteiger partial charge is 0.369 e. The zero-order valence-corrected chi connectivity index (χ0v) is 12.6. The molecule has 20 heavy (non-hydrogen) atoms. The summed E-state index contributed by atoms with van der Waals surface area (Å²) in [5, 5.41) is 2.87. The van der Waals surface area contributed by atoms with Gasteiger partial charge in [0.25, 0.3) is 0 Å². The number of carbonyl (C=O) groups is 1. The highest BCUT2D eigenvalue weighted by Crippen LogP contribution is 2.16. The van der Waals surface area contributed by atoms with Crippen LogP contribution in [0.5, 0.6) is 0 Å². The monoisotopic (exact) mass is 276 g/mol. The van der Waals surface area contributed by atoms with E-state index < -0.39 is 0 Å². The van der Waals surface area contributed by atoms with E-state index in [2.05, 4.69) is 46.4 Å². The third-order valence-electron chi connectivity index (χ3n) is 3.65. The van der Waals surface area contributed by atoms with Crippen molar-refractivity contribution in [1.29, 1.82) is 0 Å². The lowest BCUT2D eigenvalue weighted by atomic mass is 10.2. The van der Waals surface area contributed by atoms with Crippen molar-refractivity contribution in [3.05, 3.63) is 29.8 Å². The summed E-state index contributed by atoms with van der Waals surface area (Å²) in [6, 6.07) is 8.39. The summed E-state index contributed by atoms with van der Waals surface area (Å²) in [7, 11) is 5.64. The van der Waals surface area contributed by atoms with E-state index in [-0.39, 0.29) is 6.03 Å². The van der Waals surface area contributed by atoms with Crippen LogP contribution in [-0.4, -0.2) is 63.2 Å². The minimum atomic E-state index is -0.0619. The molecule has 0 radical (unpaired) electrons. The van der Waals surface area contributed by atoms with E-state index in [9.17, 15) is 4.79 Å². The second kappa shape index (κ2) is 6.61. The number of nitrogens with one attached hydrogen (secondary N) is 1. The minimum Gasteiger partial charge on any atom is -0.369 e. The van der Waals surface area contributed by atoms with Crippen molar-refractivity contribution in [3.63, 3.8) is 0 Å². The summed E-state index contributed by atoms with van der Waals surface area (Å²) >= 11 is 0. The molecule has 1 aliphatic rings. The van der Waals surface area contributed by atoms with Crippen molar-refractivity contribution in [2.45, 2.75) is 6.54 Å². The molecule has 1 fully saturated rings. The molecule has 1 aromatic carbocycles. The Morgan fingerprint density at radius 2 is 1.75 bits per heavy atom. The molecule has 1 aromatic rings. The molecule has 1 N–H and O–H groups in total. The number of piperazine rings is 1. The van der Waals surface area contributed by atoms with Gasteiger partial charge in [0.2, 0.25) is 0 Å². The fourth-order valence-electron chi connectivity index (χ4n) is 2.23. The van der Waals surface area contributed by atoms with Crippen LogP contribution in [-0.2, 0) is 6.54 Å². The summed E-state index contributed by atoms with van der Waals surface area (Å²) in [5.74, 6) is 0. The van der Waals surface area contributed by atoms with Crippen molar-refractivity contribution >= 4 is 11.7 Å². The van der Waals surface area contributed by atoms with Gasteiger partial charge in [-0.3, -0.25) is 0 Å². The predicted octanol–water partition coefficient (Wildman–Crippen LogP) is 1.21. The number of likely N-dealkylation sites (N-methyl/N-ethyl adjacent to an activating group) is 1. The van der Waals surface area contributed by atoms with Gasteiger partial charge in [0, 0.05) is 52.5 Å². The Labute approximate surface area is 121 Å². The van der Waals surface area contributed by atoms with Crippen LogP contribution in [0.15, 0.2) is 24.3 Å². The number of hydrogen-bond acceptors (Lipinski definition) is 3. The molecule has 0 spiro atoms. The van der Waals surface area contributed by atoms with Gasteiger partial charge in [-0.1, -0.05) is 12.1 Å². The molecule has 1 heterocycles. The van der Waals surface area contributed by atoms with E-state index in [1.807, 2.05) is 0 Å². The zero-order valence-electron chi connectivity index (χ0n) is 12.6. The number of benzene rings is 1. The van der Waals surface area contributed by atoms with Crippen molar-refractivity contribution in [3.8, 4) is 0 Å². The van der Waals surface area contributed by atoms with Gasteiger partial charge in [-0.2, -0.15) is 0 Å². The van der Waals surface area contributed by atoms with Crippen LogP contribution in [0.25, 0.3) is 0 Å². The zero-order chi connectivity index (χ0) is 14.5. The first-order chi connectivity index (χ1) is 9.56. The average Bonchev–Trinajstić information content (AvgIpc) is 2.46. The van der Waals surface area contributed by atoms with E-state index in [0.29, 0.717) is 6.54 Å². The Bertz CT molecular complexity index is 436. The van der Waals surface area contributed by atoms with Crippen LogP contribution in [0.4, 0.5) is 10.5 Å². The number of urea groups is 1. The van der Waals surface area contributed by atoms with Gasteiger partial charge in [-0.15, -0.1) is 0 Å². The number of nitrogens with zero attached hydrogens (tertiary/aromatic N) is 3. The first-order valence-corrected chi connectivity index (χ1v) is 7.04. The summed E-state index contributed by atoms with van der Waals surface area (Å²) < 4.78 is 0. The highest BCUT2D eigenvalue weighted by atomic mass is 16.2. The molecule has 110 valence electrons. The quantitative estimate of drug-likeness (QED) is 0.902. The molecule has 1 saturated heterocycles. The third kappa shape index (κ3) is 3.87. The van der Waals surface area contributed by atoms with Gasteiger partial charge in [0.05, 0.1) is 0 Å². The Morgan fingerprint density at radius 1 is 1.15 bits per heavy atom. The normalized spacial score (nSPS) is 16.1. The molecule has 0 saturated carbocycles. The Morgan fingerprint density at radius 3 is 2.30 bits per heavy atom. The lowest BCUT2D eigenvalue weighted by molar-refractivity contribution is 0.217. The number of hydrogen-bond donors (Lipinski definition) is 1. The van der Waals surface area contributed by atoms with Gasteiger partial charge in [-0.05, 0) is 24.7 Å². The molecule has 5 nitrogen and oxygen atoms in total. The van der Waals surface area contributed by atoms with Gasteiger partial charge in [-0.25, -0.2) is 4.79 Å². The minimum absolute atomic E-state index is 0.0619. The maximum absolute atomic E-state index is 11.5. The van der Waals surface area contributed by atoms with E-state index in [1.165, 1.54) is 5.69 Å². The van der Waals surface area contributed by atoms with E-state index >= 15 is 0 Å². The van der Waals surface area contributed by atoms with Crippen LogP contribution in [0.1, 0.15) is 5.56 Å². The fourth-order valence-corrected chi connectivity index (χ4v) is 2.23. The van der Waals surface area contributed by atoms with Crippen LogP contribution in [0, 0.1) is 0 Å². The number of anilines is 1. The molecule has 5 heteroatoms. The van der Waals surface area contributed by atoms with Crippen molar-refractivity contribution in [1.82, 2.24) is 15.1 Å². The average molecular weight is 276 g/mol. The number of amides is 2. The molecule has 2 amide bonds. The van der Waals surface area contributed by atoms with Crippen LogP contribution < -0.4 is 10.2 Å². The van der Waals surface area contributed by atoms with E-state index in [1.54, 1.807) is 19.0 Å². The Kier molecular flexibility index (Phi) is 4.84. The van der Waals surface area contributed by atoms with Crippen LogP contribution in [0.2, 0.25) is 0 Å². The first-order valence-electron chi connectivity index (χ1n) is 7.04. The Balaban J connectivity index is 1.88. The highest BCUT2D eigenvalue weighted by Gasteiger charge is 2.13. The standard InChI is InChI=1S/C15H24N4O/c1-17(2)15(20)16-12-13-4-6-14(7-5-13)19-10-8-18(3)9-11-19/h4-7H,8-12H2,1-3H3,(H,16,20). The van der Waals surface area contributed by atoms with E-state index in [4.69, 9.17) is 0 Å². The van der Waals surface area contributed by atoms with Crippen molar-refractivity contribution < 1.29 is 4.79 Å². The van der Waals surface area contributed by atoms with Crippen molar-refractivity contribution in [2.75, 3.05) is 52.2 Å². The maximum atomic E-state index is 11.5.